The molecule has 0 aliphatic rings. The van der Waals surface area contributed by atoms with Crippen LogP contribution in [0.2, 0.25) is 0 Å². The number of rotatable bonds is 4. The average Bonchev–Trinajstić information content (AvgIpc) is 2.40. The predicted molar refractivity (Wildman–Crippen MR) is 96.7 cm³/mol. The molecular weight excluding hydrogens is 302 g/mol. The Balaban J connectivity index is 2.36. The molecule has 0 radical (unpaired) electrons. The highest BCUT2D eigenvalue weighted by Crippen LogP contribution is 2.18. The lowest BCUT2D eigenvalue weighted by molar-refractivity contribution is -0.856. The number of thiocarbonyl (C=S) groups is 2. The molecular formula is C14H24N5S2+. The summed E-state index contributed by atoms with van der Waals surface area (Å²) in [5.74, 6) is 0. The van der Waals surface area contributed by atoms with Crippen molar-refractivity contribution in [2.24, 2.45) is 0 Å². The first kappa shape index (κ1) is 17.6. The van der Waals surface area contributed by atoms with Crippen LogP contribution in [0.25, 0.3) is 0 Å². The van der Waals surface area contributed by atoms with Crippen molar-refractivity contribution in [3.8, 4) is 0 Å². The van der Waals surface area contributed by atoms with Gasteiger partial charge < -0.3 is 15.5 Å². The summed E-state index contributed by atoms with van der Waals surface area (Å²) in [5, 5.41) is 7.29. The van der Waals surface area contributed by atoms with Crippen LogP contribution in [0.5, 0.6) is 0 Å². The highest BCUT2D eigenvalue weighted by Gasteiger charge is 2.04. The molecule has 0 heterocycles. The molecule has 0 aliphatic heterocycles. The fraction of sp³-hybridized carbons (Fsp3) is 0.429. The van der Waals surface area contributed by atoms with Gasteiger partial charge in [-0.15, -0.1) is 0 Å². The summed E-state index contributed by atoms with van der Waals surface area (Å²) in [5.41, 5.74) is 9.07. The fourth-order valence-corrected chi connectivity index (χ4v) is 2.05. The van der Waals surface area contributed by atoms with Gasteiger partial charge in [0, 0.05) is 5.69 Å². The molecule has 5 N–H and O–H groups in total. The van der Waals surface area contributed by atoms with Crippen molar-refractivity contribution in [1.29, 1.82) is 0 Å². The Morgan fingerprint density at radius 3 is 2.19 bits per heavy atom. The first-order valence-electron chi connectivity index (χ1n) is 6.86. The number of likely N-dealkylation sites (N-methyl/N-ethyl adjacent to an activating group) is 1. The van der Waals surface area contributed by atoms with Gasteiger partial charge in [-0.3, -0.25) is 10.9 Å². The standard InChI is InChI=1S/C14H23N5S2/c1-10-6-5-7-11(2)12(10)16-14(21)18-17-13(20)15-8-9-19(3)4/h5-7H,8-9H2,1-4H3,(H2,15,17,20)(H2,16,18,21)/p+1. The number of anilines is 1. The van der Waals surface area contributed by atoms with E-state index in [0.717, 1.165) is 29.9 Å². The molecule has 7 heteroatoms. The van der Waals surface area contributed by atoms with Crippen LogP contribution >= 0.6 is 24.4 Å². The van der Waals surface area contributed by atoms with E-state index < -0.39 is 0 Å². The molecule has 0 unspecified atom stereocenters. The van der Waals surface area contributed by atoms with Crippen LogP contribution in [0, 0.1) is 13.8 Å². The Kier molecular flexibility index (Phi) is 7.35. The second-order valence-electron chi connectivity index (χ2n) is 5.18. The summed E-state index contributed by atoms with van der Waals surface area (Å²) in [7, 11) is 4.19. The maximum absolute atomic E-state index is 5.25. The molecule has 0 aliphatic carbocycles. The monoisotopic (exact) mass is 326 g/mol. The molecule has 0 atom stereocenters. The van der Waals surface area contributed by atoms with Gasteiger partial charge >= 0.3 is 0 Å². The molecule has 1 aromatic carbocycles. The molecule has 5 nitrogen and oxygen atoms in total. The van der Waals surface area contributed by atoms with Crippen LogP contribution in [0.1, 0.15) is 11.1 Å². The number of nitrogens with one attached hydrogen (secondary N) is 5. The second-order valence-corrected chi connectivity index (χ2v) is 6.00. The van der Waals surface area contributed by atoms with Crippen LogP contribution in [0.3, 0.4) is 0 Å². The van der Waals surface area contributed by atoms with Gasteiger partial charge in [-0.1, -0.05) is 18.2 Å². The summed E-state index contributed by atoms with van der Waals surface area (Å²) in [6, 6.07) is 6.11. The van der Waals surface area contributed by atoms with Crippen molar-refractivity contribution < 1.29 is 4.90 Å². The highest BCUT2D eigenvalue weighted by molar-refractivity contribution is 7.80. The summed E-state index contributed by atoms with van der Waals surface area (Å²) in [4.78, 5) is 1.37. The largest absolute Gasteiger partial charge is 0.356 e. The summed E-state index contributed by atoms with van der Waals surface area (Å²) in [6.45, 7) is 5.89. The van der Waals surface area contributed by atoms with Crippen LogP contribution in [0.4, 0.5) is 5.69 Å². The molecule has 21 heavy (non-hydrogen) atoms. The SMILES string of the molecule is Cc1cccc(C)c1NC(=S)NNC(=S)NCC[NH+](C)C. The third-order valence-corrected chi connectivity index (χ3v) is 3.37. The zero-order valence-corrected chi connectivity index (χ0v) is 14.6. The maximum Gasteiger partial charge on any atom is 0.189 e. The predicted octanol–water partition coefficient (Wildman–Crippen LogP) is 0.113. The first-order valence-corrected chi connectivity index (χ1v) is 7.68. The minimum Gasteiger partial charge on any atom is -0.356 e. The summed E-state index contributed by atoms with van der Waals surface area (Å²) < 4.78 is 0. The lowest BCUT2D eigenvalue weighted by atomic mass is 10.1. The van der Waals surface area contributed by atoms with Gasteiger partial charge in [0.15, 0.2) is 10.2 Å². The molecule has 0 saturated carbocycles. The van der Waals surface area contributed by atoms with E-state index in [1.54, 1.807) is 0 Å². The summed E-state index contributed by atoms with van der Waals surface area (Å²) >= 11 is 10.4. The third kappa shape index (κ3) is 6.70. The minimum atomic E-state index is 0.481. The smallest absolute Gasteiger partial charge is 0.189 e. The third-order valence-electron chi connectivity index (χ3n) is 2.92. The van der Waals surface area contributed by atoms with E-state index in [2.05, 4.69) is 35.6 Å². The van der Waals surface area contributed by atoms with Crippen molar-refractivity contribution in [3.63, 3.8) is 0 Å². The number of aryl methyl sites for hydroxylation is 2. The second kappa shape index (κ2) is 8.76. The maximum atomic E-state index is 5.25. The van der Waals surface area contributed by atoms with Crippen molar-refractivity contribution in [2.45, 2.75) is 13.8 Å². The van der Waals surface area contributed by atoms with Crippen molar-refractivity contribution >= 4 is 40.3 Å². The van der Waals surface area contributed by atoms with Crippen molar-refractivity contribution in [1.82, 2.24) is 16.2 Å². The summed E-state index contributed by atoms with van der Waals surface area (Å²) in [6.07, 6.45) is 0. The number of para-hydroxylation sites is 1. The van der Waals surface area contributed by atoms with E-state index in [1.165, 1.54) is 4.90 Å². The Morgan fingerprint density at radius 1 is 1.05 bits per heavy atom. The molecule has 0 fully saturated rings. The minimum absolute atomic E-state index is 0.481. The molecule has 0 spiro atoms. The molecule has 0 amide bonds. The fourth-order valence-electron chi connectivity index (χ4n) is 1.74. The number of hydrazine groups is 1. The van der Waals surface area contributed by atoms with Gasteiger partial charge in [0.05, 0.1) is 27.2 Å². The van der Waals surface area contributed by atoms with Crippen LogP contribution in [-0.2, 0) is 0 Å². The normalized spacial score (nSPS) is 10.1. The van der Waals surface area contributed by atoms with E-state index in [-0.39, 0.29) is 0 Å². The topological polar surface area (TPSA) is 52.6 Å². The van der Waals surface area contributed by atoms with E-state index in [1.807, 2.05) is 32.0 Å². The average molecular weight is 327 g/mol. The molecule has 0 bridgehead atoms. The van der Waals surface area contributed by atoms with Gasteiger partial charge in [-0.05, 0) is 49.4 Å². The number of hydrogen-bond acceptors (Lipinski definition) is 2. The first-order chi connectivity index (χ1) is 9.90. The highest BCUT2D eigenvalue weighted by atomic mass is 32.1. The lowest BCUT2D eigenvalue weighted by Crippen LogP contribution is -3.06. The molecule has 1 rings (SSSR count). The molecule has 116 valence electrons. The quantitative estimate of drug-likeness (QED) is 0.400. The van der Waals surface area contributed by atoms with Gasteiger partial charge in [-0.2, -0.15) is 0 Å². The number of benzene rings is 1. The van der Waals surface area contributed by atoms with Crippen LogP contribution in [0.15, 0.2) is 18.2 Å². The zero-order valence-electron chi connectivity index (χ0n) is 13.0. The van der Waals surface area contributed by atoms with Gasteiger partial charge in [-0.25, -0.2) is 0 Å². The number of hydrogen-bond donors (Lipinski definition) is 5. The van der Waals surface area contributed by atoms with Crippen LogP contribution in [-0.4, -0.2) is 37.4 Å². The van der Waals surface area contributed by atoms with Gasteiger partial charge in [0.25, 0.3) is 0 Å². The van der Waals surface area contributed by atoms with Crippen molar-refractivity contribution in [2.75, 3.05) is 32.5 Å². The number of quaternary nitrogens is 1. The van der Waals surface area contributed by atoms with Gasteiger partial charge in [0.1, 0.15) is 0 Å². The van der Waals surface area contributed by atoms with E-state index >= 15 is 0 Å². The van der Waals surface area contributed by atoms with E-state index in [0.29, 0.717) is 10.2 Å². The zero-order chi connectivity index (χ0) is 15.8. The molecule has 0 saturated heterocycles. The van der Waals surface area contributed by atoms with Crippen LogP contribution < -0.4 is 26.4 Å². The lowest BCUT2D eigenvalue weighted by Gasteiger charge is -2.17. The Labute approximate surface area is 137 Å². The Hall–Kier alpha value is -1.44. The Bertz CT molecular complexity index is 482. The van der Waals surface area contributed by atoms with Gasteiger partial charge in [0.2, 0.25) is 0 Å². The molecule has 0 aromatic heterocycles. The van der Waals surface area contributed by atoms with Crippen molar-refractivity contribution in [3.05, 3.63) is 29.3 Å². The molecule has 1 aromatic rings. The van der Waals surface area contributed by atoms with E-state index in [9.17, 15) is 0 Å². The Morgan fingerprint density at radius 2 is 1.62 bits per heavy atom. The van der Waals surface area contributed by atoms with E-state index in [4.69, 9.17) is 24.4 Å².